The van der Waals surface area contributed by atoms with Gasteiger partial charge in [0.1, 0.15) is 0 Å². The van der Waals surface area contributed by atoms with Gasteiger partial charge in [-0.25, -0.2) is 16.8 Å². The lowest BCUT2D eigenvalue weighted by molar-refractivity contribution is 0.580. The summed E-state index contributed by atoms with van der Waals surface area (Å²) in [6.07, 6.45) is 0.790. The van der Waals surface area contributed by atoms with Gasteiger partial charge in [-0.2, -0.15) is 0 Å². The van der Waals surface area contributed by atoms with Crippen LogP contribution in [0.1, 0.15) is 5.56 Å². The van der Waals surface area contributed by atoms with Gasteiger partial charge in [0.2, 0.25) is 10.0 Å². The summed E-state index contributed by atoms with van der Waals surface area (Å²) >= 11 is 0. The number of nitrogens with one attached hydrogen (secondary N) is 1. The fraction of sp³-hybridized carbons (Fsp3) is 0.250. The summed E-state index contributed by atoms with van der Waals surface area (Å²) in [4.78, 5) is -0.0708. The highest BCUT2D eigenvalue weighted by atomic mass is 32.3. The Morgan fingerprint density at radius 3 is 1.87 bits per heavy atom. The van der Waals surface area contributed by atoms with E-state index in [2.05, 4.69) is 0 Å². The molecule has 1 aromatic rings. The van der Waals surface area contributed by atoms with Crippen molar-refractivity contribution in [2.75, 3.05) is 6.26 Å². The summed E-state index contributed by atoms with van der Waals surface area (Å²) in [5, 5.41) is 0. The molecule has 84 valence electrons. The van der Waals surface area contributed by atoms with Crippen LogP contribution < -0.4 is 4.13 Å². The summed E-state index contributed by atoms with van der Waals surface area (Å²) in [6, 6.07) is 5.89. The van der Waals surface area contributed by atoms with Crippen molar-refractivity contribution in [2.45, 2.75) is 11.8 Å². The van der Waals surface area contributed by atoms with Crippen molar-refractivity contribution in [3.8, 4) is 0 Å². The number of sulfonamides is 2. The van der Waals surface area contributed by atoms with Crippen molar-refractivity contribution in [3.63, 3.8) is 0 Å². The minimum Gasteiger partial charge on any atom is -0.212 e. The molecule has 0 unspecified atom stereocenters. The standard InChI is InChI=1S/C8H11NO4S2/c1-7-3-5-8(6-4-7)15(12,13)9-14(2,10)11/h3-6,9H,1-2H3. The van der Waals surface area contributed by atoms with Crippen molar-refractivity contribution >= 4 is 20.0 Å². The highest BCUT2D eigenvalue weighted by molar-refractivity contribution is 8.04. The molecule has 1 N–H and O–H groups in total. The number of benzene rings is 1. The molecule has 0 fully saturated rings. The Morgan fingerprint density at radius 1 is 1.00 bits per heavy atom. The first-order valence-electron chi connectivity index (χ1n) is 4.01. The van der Waals surface area contributed by atoms with E-state index >= 15 is 0 Å². The number of hydrogen-bond donors (Lipinski definition) is 1. The average Bonchev–Trinajstić information content (AvgIpc) is 2.00. The lowest BCUT2D eigenvalue weighted by Crippen LogP contribution is -2.29. The lowest BCUT2D eigenvalue weighted by atomic mass is 10.2. The van der Waals surface area contributed by atoms with E-state index in [0.717, 1.165) is 11.8 Å². The van der Waals surface area contributed by atoms with Crippen LogP contribution in [0, 0.1) is 6.92 Å². The van der Waals surface area contributed by atoms with Crippen LogP contribution >= 0.6 is 0 Å². The van der Waals surface area contributed by atoms with Gasteiger partial charge in [-0.1, -0.05) is 17.7 Å². The van der Waals surface area contributed by atoms with Crippen LogP contribution in [0.3, 0.4) is 0 Å². The first-order chi connectivity index (χ1) is 6.71. The molecule has 1 rings (SSSR count). The molecule has 0 aliphatic rings. The second kappa shape index (κ2) is 3.92. The Hall–Kier alpha value is -0.920. The van der Waals surface area contributed by atoms with Gasteiger partial charge in [0.05, 0.1) is 11.2 Å². The maximum Gasteiger partial charge on any atom is 0.253 e. The fourth-order valence-corrected chi connectivity index (χ4v) is 3.44. The van der Waals surface area contributed by atoms with E-state index in [4.69, 9.17) is 0 Å². The second-order valence-corrected chi connectivity index (χ2v) is 6.86. The maximum absolute atomic E-state index is 11.5. The molecule has 7 heteroatoms. The number of hydrogen-bond acceptors (Lipinski definition) is 4. The molecular formula is C8H11NO4S2. The molecule has 0 bridgehead atoms. The third-order valence-electron chi connectivity index (χ3n) is 1.59. The molecular weight excluding hydrogens is 238 g/mol. The molecule has 0 saturated heterocycles. The predicted molar refractivity (Wildman–Crippen MR) is 56.3 cm³/mol. The highest BCUT2D eigenvalue weighted by Gasteiger charge is 2.18. The summed E-state index contributed by atoms with van der Waals surface area (Å²) < 4.78 is 46.1. The molecule has 0 heterocycles. The average molecular weight is 249 g/mol. The number of rotatable bonds is 3. The molecule has 1 aromatic carbocycles. The van der Waals surface area contributed by atoms with Crippen LogP contribution in [0.4, 0.5) is 0 Å². The third-order valence-corrected chi connectivity index (χ3v) is 4.57. The third kappa shape index (κ3) is 3.61. The van der Waals surface area contributed by atoms with Crippen molar-refractivity contribution < 1.29 is 16.8 Å². The van der Waals surface area contributed by atoms with Crippen LogP contribution in [-0.4, -0.2) is 23.1 Å². The molecule has 0 aliphatic heterocycles. The molecule has 0 saturated carbocycles. The first-order valence-corrected chi connectivity index (χ1v) is 7.38. The van der Waals surface area contributed by atoms with Crippen molar-refractivity contribution in [1.29, 1.82) is 0 Å². The minimum atomic E-state index is -3.97. The quantitative estimate of drug-likeness (QED) is 0.831. The lowest BCUT2D eigenvalue weighted by Gasteiger charge is -2.04. The zero-order valence-electron chi connectivity index (χ0n) is 8.26. The van der Waals surface area contributed by atoms with Crippen molar-refractivity contribution in [1.82, 2.24) is 4.13 Å². The Balaban J connectivity index is 3.13. The van der Waals surface area contributed by atoms with Crippen LogP contribution in [0.2, 0.25) is 0 Å². The minimum absolute atomic E-state index is 0.0708. The SMILES string of the molecule is Cc1ccc(S(=O)(=O)NS(C)(=O)=O)cc1. The van der Waals surface area contributed by atoms with E-state index < -0.39 is 20.0 Å². The van der Waals surface area contributed by atoms with E-state index in [0.29, 0.717) is 0 Å². The van der Waals surface area contributed by atoms with E-state index in [-0.39, 0.29) is 4.90 Å². The summed E-state index contributed by atoms with van der Waals surface area (Å²) in [6.45, 7) is 1.81. The molecule has 0 amide bonds. The molecule has 15 heavy (non-hydrogen) atoms. The van der Waals surface area contributed by atoms with Crippen LogP contribution in [-0.2, 0) is 20.0 Å². The van der Waals surface area contributed by atoms with Gasteiger partial charge >= 0.3 is 0 Å². The molecule has 0 atom stereocenters. The molecule has 0 spiro atoms. The Labute approximate surface area is 89.2 Å². The summed E-state index contributed by atoms with van der Waals surface area (Å²) in [5.74, 6) is 0. The predicted octanol–water partition coefficient (Wildman–Crippen LogP) is 0.233. The zero-order valence-corrected chi connectivity index (χ0v) is 9.89. The maximum atomic E-state index is 11.5. The first kappa shape index (κ1) is 12.2. The topological polar surface area (TPSA) is 80.3 Å². The van der Waals surface area contributed by atoms with Gasteiger partial charge in [-0.15, -0.1) is 4.13 Å². The number of aryl methyl sites for hydroxylation is 1. The van der Waals surface area contributed by atoms with E-state index in [1.165, 1.54) is 12.1 Å². The van der Waals surface area contributed by atoms with Gasteiger partial charge in [0, 0.05) is 0 Å². The molecule has 0 aliphatic carbocycles. The molecule has 5 nitrogen and oxygen atoms in total. The van der Waals surface area contributed by atoms with Crippen LogP contribution in [0.25, 0.3) is 0 Å². The van der Waals surface area contributed by atoms with Crippen LogP contribution in [0.5, 0.6) is 0 Å². The summed E-state index contributed by atoms with van der Waals surface area (Å²) in [5.41, 5.74) is 0.897. The van der Waals surface area contributed by atoms with Crippen molar-refractivity contribution in [3.05, 3.63) is 29.8 Å². The monoisotopic (exact) mass is 249 g/mol. The fourth-order valence-electron chi connectivity index (χ4n) is 0.965. The van der Waals surface area contributed by atoms with E-state index in [9.17, 15) is 16.8 Å². The Kier molecular flexibility index (Phi) is 3.17. The largest absolute Gasteiger partial charge is 0.253 e. The smallest absolute Gasteiger partial charge is 0.212 e. The van der Waals surface area contributed by atoms with Gasteiger partial charge in [0.15, 0.2) is 0 Å². The van der Waals surface area contributed by atoms with Gasteiger partial charge in [-0.3, -0.25) is 0 Å². The normalized spacial score (nSPS) is 12.7. The Bertz CT molecular complexity index is 543. The molecule has 0 radical (unpaired) electrons. The summed E-state index contributed by atoms with van der Waals surface area (Å²) in [7, 11) is -7.75. The van der Waals surface area contributed by atoms with Gasteiger partial charge in [-0.05, 0) is 19.1 Å². The van der Waals surface area contributed by atoms with Gasteiger partial charge < -0.3 is 0 Å². The van der Waals surface area contributed by atoms with Crippen molar-refractivity contribution in [2.24, 2.45) is 0 Å². The highest BCUT2D eigenvalue weighted by Crippen LogP contribution is 2.10. The zero-order chi connectivity index (χ0) is 11.7. The molecule has 0 aromatic heterocycles. The van der Waals surface area contributed by atoms with Crippen LogP contribution in [0.15, 0.2) is 29.2 Å². The van der Waals surface area contributed by atoms with E-state index in [1.807, 2.05) is 0 Å². The second-order valence-electron chi connectivity index (χ2n) is 3.17. The Morgan fingerprint density at radius 2 is 1.47 bits per heavy atom. The van der Waals surface area contributed by atoms with E-state index in [1.54, 1.807) is 23.2 Å². The van der Waals surface area contributed by atoms with Gasteiger partial charge in [0.25, 0.3) is 10.0 Å².